The molecule has 1 fully saturated rings. The first-order valence-electron chi connectivity index (χ1n) is 13.4. The van der Waals surface area contributed by atoms with Gasteiger partial charge in [0.1, 0.15) is 17.5 Å². The third-order valence-corrected chi connectivity index (χ3v) is 10.0. The molecule has 2 aliphatic rings. The van der Waals surface area contributed by atoms with E-state index in [1.807, 2.05) is 30.3 Å². The van der Waals surface area contributed by atoms with Crippen LogP contribution in [0.25, 0.3) is 0 Å². The third kappa shape index (κ3) is 6.12. The van der Waals surface area contributed by atoms with E-state index >= 15 is 0 Å². The second-order valence-electron chi connectivity index (χ2n) is 10.2. The van der Waals surface area contributed by atoms with Crippen molar-refractivity contribution in [2.45, 2.75) is 55.6 Å². The average molecular weight is 615 g/mol. The van der Waals surface area contributed by atoms with E-state index in [1.165, 1.54) is 23.1 Å². The summed E-state index contributed by atoms with van der Waals surface area (Å²) in [4.78, 5) is 42.2. The Labute approximate surface area is 249 Å². The maximum atomic E-state index is 14.1. The quantitative estimate of drug-likeness (QED) is 0.372. The lowest BCUT2D eigenvalue weighted by atomic mass is 10.0. The van der Waals surface area contributed by atoms with Gasteiger partial charge in [0.2, 0.25) is 11.8 Å². The number of benzene rings is 3. The van der Waals surface area contributed by atoms with Crippen LogP contribution in [0.5, 0.6) is 0 Å². The molecule has 0 aromatic heterocycles. The Morgan fingerprint density at radius 3 is 2.22 bits per heavy atom. The number of hydrogen-bond donors (Lipinski definition) is 1. The van der Waals surface area contributed by atoms with Gasteiger partial charge in [0.05, 0.1) is 5.56 Å². The van der Waals surface area contributed by atoms with Crippen molar-refractivity contribution in [2.24, 2.45) is 0 Å². The van der Waals surface area contributed by atoms with E-state index < -0.39 is 34.4 Å². The molecule has 1 atom stereocenters. The number of amides is 3. The van der Waals surface area contributed by atoms with E-state index in [2.05, 4.69) is 5.32 Å². The summed E-state index contributed by atoms with van der Waals surface area (Å²) in [5.74, 6) is -1.89. The highest BCUT2D eigenvalue weighted by atomic mass is 35.5. The van der Waals surface area contributed by atoms with Crippen LogP contribution < -0.4 is 5.32 Å². The minimum atomic E-state index is -4.25. The molecule has 0 bridgehead atoms. The van der Waals surface area contributed by atoms with Gasteiger partial charge in [0, 0.05) is 34.6 Å². The van der Waals surface area contributed by atoms with E-state index in [4.69, 9.17) is 23.2 Å². The minimum absolute atomic E-state index is 0.000750. The predicted molar refractivity (Wildman–Crippen MR) is 156 cm³/mol. The van der Waals surface area contributed by atoms with Crippen LogP contribution in [0.4, 0.5) is 0 Å². The van der Waals surface area contributed by atoms with E-state index in [0.717, 1.165) is 31.2 Å². The van der Waals surface area contributed by atoms with Crippen LogP contribution >= 0.6 is 23.2 Å². The van der Waals surface area contributed by atoms with Crippen molar-refractivity contribution < 1.29 is 22.8 Å². The summed E-state index contributed by atoms with van der Waals surface area (Å²) >= 11 is 13.0. The lowest BCUT2D eigenvalue weighted by Crippen LogP contribution is -2.54. The van der Waals surface area contributed by atoms with Gasteiger partial charge >= 0.3 is 0 Å². The number of nitrogens with zero attached hydrogens (tertiary/aromatic N) is 2. The highest BCUT2D eigenvalue weighted by Crippen LogP contribution is 2.31. The van der Waals surface area contributed by atoms with Gasteiger partial charge in [-0.25, -0.2) is 12.7 Å². The predicted octanol–water partition coefficient (Wildman–Crippen LogP) is 4.84. The number of carbonyl (C=O) groups excluding carboxylic acids is 3. The first kappa shape index (κ1) is 29.1. The maximum absolute atomic E-state index is 14.1. The summed E-state index contributed by atoms with van der Waals surface area (Å²) in [5.41, 5.74) is 1.22. The number of nitrogens with one attached hydrogen (secondary N) is 1. The van der Waals surface area contributed by atoms with Crippen LogP contribution in [-0.4, -0.2) is 54.0 Å². The summed E-state index contributed by atoms with van der Waals surface area (Å²) in [6.07, 6.45) is 3.84. The lowest BCUT2D eigenvalue weighted by molar-refractivity contribution is -0.141. The minimum Gasteiger partial charge on any atom is -0.352 e. The number of halogens is 2. The average Bonchev–Trinajstić information content (AvgIpc) is 3.53. The van der Waals surface area contributed by atoms with Gasteiger partial charge in [-0.05, 0) is 42.7 Å². The van der Waals surface area contributed by atoms with Crippen molar-refractivity contribution in [1.29, 1.82) is 0 Å². The number of fused-ring (bicyclic) bond motifs is 1. The van der Waals surface area contributed by atoms with E-state index in [9.17, 15) is 22.8 Å². The molecule has 3 aromatic rings. The molecular weight excluding hydrogens is 585 g/mol. The zero-order chi connectivity index (χ0) is 29.1. The lowest BCUT2D eigenvalue weighted by Gasteiger charge is -2.33. The van der Waals surface area contributed by atoms with Crippen LogP contribution in [0.3, 0.4) is 0 Å². The molecule has 1 saturated carbocycles. The topological polar surface area (TPSA) is 104 Å². The monoisotopic (exact) mass is 613 g/mol. The molecule has 214 valence electrons. The summed E-state index contributed by atoms with van der Waals surface area (Å²) < 4.78 is 27.1. The van der Waals surface area contributed by atoms with Crippen molar-refractivity contribution in [3.8, 4) is 0 Å². The SMILES string of the molecule is O=C(NC1CCCC1)C(Cc1ccccc1)N(Cc1c(Cl)cccc1Cl)C(=O)CN1C(=O)c2ccccc2S1(=O)=O. The first-order valence-corrected chi connectivity index (χ1v) is 15.6. The summed E-state index contributed by atoms with van der Waals surface area (Å²) in [5, 5.41) is 3.67. The van der Waals surface area contributed by atoms with E-state index in [1.54, 1.807) is 24.3 Å². The fourth-order valence-corrected chi connectivity index (χ4v) is 7.41. The molecule has 1 aliphatic carbocycles. The van der Waals surface area contributed by atoms with Gasteiger partial charge in [-0.3, -0.25) is 14.4 Å². The molecule has 8 nitrogen and oxygen atoms in total. The van der Waals surface area contributed by atoms with Crippen LogP contribution in [0.1, 0.15) is 47.2 Å². The van der Waals surface area contributed by atoms with E-state index in [0.29, 0.717) is 19.9 Å². The van der Waals surface area contributed by atoms with Crippen molar-refractivity contribution in [3.05, 3.63) is 99.5 Å². The van der Waals surface area contributed by atoms with Gasteiger partial charge in [0.25, 0.3) is 15.9 Å². The molecule has 0 saturated heterocycles. The van der Waals surface area contributed by atoms with Crippen molar-refractivity contribution in [3.63, 3.8) is 0 Å². The Hall–Kier alpha value is -3.40. The Kier molecular flexibility index (Phi) is 8.68. The van der Waals surface area contributed by atoms with Gasteiger partial charge in [-0.15, -0.1) is 0 Å². The Balaban J connectivity index is 1.53. The zero-order valence-electron chi connectivity index (χ0n) is 22.1. The number of sulfonamides is 1. The van der Waals surface area contributed by atoms with E-state index in [-0.39, 0.29) is 35.4 Å². The molecule has 41 heavy (non-hydrogen) atoms. The smallest absolute Gasteiger partial charge is 0.269 e. The molecular formula is C30H29Cl2N3O5S. The fraction of sp³-hybridized carbons (Fsp3) is 0.300. The van der Waals surface area contributed by atoms with Crippen molar-refractivity contribution in [1.82, 2.24) is 14.5 Å². The van der Waals surface area contributed by atoms with Gasteiger partial charge < -0.3 is 10.2 Å². The molecule has 5 rings (SSSR count). The highest BCUT2D eigenvalue weighted by Gasteiger charge is 2.43. The Morgan fingerprint density at radius 1 is 0.927 bits per heavy atom. The first-order chi connectivity index (χ1) is 19.7. The van der Waals surface area contributed by atoms with Gasteiger partial charge in [0.15, 0.2) is 0 Å². The largest absolute Gasteiger partial charge is 0.352 e. The molecule has 3 amide bonds. The molecule has 3 aromatic carbocycles. The summed E-state index contributed by atoms with van der Waals surface area (Å²) in [6, 6.07) is 18.9. The maximum Gasteiger partial charge on any atom is 0.269 e. The molecule has 11 heteroatoms. The molecule has 0 spiro atoms. The molecule has 1 heterocycles. The second kappa shape index (κ2) is 12.2. The summed E-state index contributed by atoms with van der Waals surface area (Å²) in [6.45, 7) is -0.943. The normalized spacial score (nSPS) is 16.8. The van der Waals surface area contributed by atoms with Crippen LogP contribution in [-0.2, 0) is 32.6 Å². The fourth-order valence-electron chi connectivity index (χ4n) is 5.38. The molecule has 1 aliphatic heterocycles. The number of rotatable bonds is 9. The Bertz CT molecular complexity index is 1560. The van der Waals surface area contributed by atoms with Crippen LogP contribution in [0, 0.1) is 0 Å². The molecule has 1 N–H and O–H groups in total. The molecule has 1 unspecified atom stereocenters. The van der Waals surface area contributed by atoms with Crippen molar-refractivity contribution in [2.75, 3.05) is 6.54 Å². The summed E-state index contributed by atoms with van der Waals surface area (Å²) in [7, 11) is -4.25. The van der Waals surface area contributed by atoms with Crippen LogP contribution in [0.15, 0.2) is 77.7 Å². The van der Waals surface area contributed by atoms with Crippen molar-refractivity contribution >= 4 is 50.9 Å². The Morgan fingerprint density at radius 2 is 1.56 bits per heavy atom. The number of hydrogen-bond acceptors (Lipinski definition) is 5. The standard InChI is InChI=1S/C30H29Cl2N3O5S/c31-24-14-8-15-25(32)23(24)18-34(28(36)19-35-30(38)22-13-6-7-16-27(22)41(35,39)40)26(17-20-9-2-1-3-10-20)29(37)33-21-11-4-5-12-21/h1-3,6-10,13-16,21,26H,4-5,11-12,17-19H2,(H,33,37). The highest BCUT2D eigenvalue weighted by molar-refractivity contribution is 7.90. The second-order valence-corrected chi connectivity index (χ2v) is 12.9. The molecule has 0 radical (unpaired) electrons. The van der Waals surface area contributed by atoms with Gasteiger partial charge in [-0.1, -0.05) is 84.6 Å². The third-order valence-electron chi connectivity index (χ3n) is 7.55. The van der Waals surface area contributed by atoms with Crippen LogP contribution in [0.2, 0.25) is 10.0 Å². The van der Waals surface area contributed by atoms with Gasteiger partial charge in [-0.2, -0.15) is 0 Å². The number of carbonyl (C=O) groups is 3. The zero-order valence-corrected chi connectivity index (χ0v) is 24.5.